The first-order valence-corrected chi connectivity index (χ1v) is 12.2. The highest BCUT2D eigenvalue weighted by atomic mass is 32.2. The molecule has 0 bridgehead atoms. The van der Waals surface area contributed by atoms with Gasteiger partial charge in [-0.3, -0.25) is 14.8 Å². The molecule has 0 spiro atoms. The average Bonchev–Trinajstić information content (AvgIpc) is 3.29. The van der Waals surface area contributed by atoms with E-state index in [0.29, 0.717) is 16.4 Å². The van der Waals surface area contributed by atoms with Gasteiger partial charge in [-0.05, 0) is 61.4 Å². The number of anilines is 2. The van der Waals surface area contributed by atoms with E-state index in [4.69, 9.17) is 0 Å². The van der Waals surface area contributed by atoms with Crippen molar-refractivity contribution in [1.29, 1.82) is 0 Å². The lowest BCUT2D eigenvalue weighted by Crippen LogP contribution is -2.13. The largest absolute Gasteiger partial charge is 0.298 e. The normalized spacial score (nSPS) is 14.1. The van der Waals surface area contributed by atoms with Gasteiger partial charge in [-0.25, -0.2) is 13.4 Å². The molecule has 4 rings (SSSR count). The summed E-state index contributed by atoms with van der Waals surface area (Å²) < 4.78 is 27.3. The van der Waals surface area contributed by atoms with Crippen LogP contribution in [0.5, 0.6) is 0 Å². The number of benzene rings is 1. The molecule has 3 aromatic rings. The molecule has 0 saturated heterocycles. The Kier molecular flexibility index (Phi) is 5.47. The lowest BCUT2D eigenvalue weighted by molar-refractivity contribution is 0.102. The zero-order valence-corrected chi connectivity index (χ0v) is 17.4. The van der Waals surface area contributed by atoms with Gasteiger partial charge in [0, 0.05) is 16.1 Å². The number of hydrogen-bond donors (Lipinski definition) is 2. The second kappa shape index (κ2) is 8.02. The van der Waals surface area contributed by atoms with E-state index in [-0.39, 0.29) is 10.1 Å². The molecule has 9 heteroatoms. The van der Waals surface area contributed by atoms with Gasteiger partial charge in [0.25, 0.3) is 15.9 Å². The maximum absolute atomic E-state index is 12.5. The smallest absolute Gasteiger partial charge is 0.271 e. The van der Waals surface area contributed by atoms with Gasteiger partial charge >= 0.3 is 0 Å². The van der Waals surface area contributed by atoms with E-state index in [0.717, 1.165) is 36.3 Å². The highest BCUT2D eigenvalue weighted by Gasteiger charge is 2.17. The van der Waals surface area contributed by atoms with E-state index in [1.165, 1.54) is 17.7 Å². The van der Waals surface area contributed by atoms with Gasteiger partial charge < -0.3 is 0 Å². The topological polar surface area (TPSA) is 88.2 Å². The molecule has 1 aliphatic rings. The molecule has 0 unspecified atom stereocenters. The van der Waals surface area contributed by atoms with Gasteiger partial charge in [-0.15, -0.1) is 22.7 Å². The molecule has 2 aromatic heterocycles. The molecule has 0 saturated carbocycles. The summed E-state index contributed by atoms with van der Waals surface area (Å²) in [6.45, 7) is 0. The maximum Gasteiger partial charge on any atom is 0.271 e. The van der Waals surface area contributed by atoms with Crippen LogP contribution in [0.15, 0.2) is 46.0 Å². The van der Waals surface area contributed by atoms with E-state index < -0.39 is 10.0 Å². The van der Waals surface area contributed by atoms with E-state index in [1.54, 1.807) is 53.1 Å². The molecule has 1 amide bonds. The fourth-order valence-corrected chi connectivity index (χ4v) is 6.16. The Morgan fingerprint density at radius 2 is 1.82 bits per heavy atom. The number of carbonyl (C=O) groups excluding carboxylic acids is 1. The summed E-state index contributed by atoms with van der Waals surface area (Å²) in [4.78, 5) is 18.3. The first-order chi connectivity index (χ1) is 13.5. The number of rotatable bonds is 5. The number of thiophene rings is 1. The van der Waals surface area contributed by atoms with E-state index in [1.807, 2.05) is 0 Å². The molecule has 0 atom stereocenters. The molecule has 0 radical (unpaired) electrons. The zero-order chi connectivity index (χ0) is 19.6. The van der Waals surface area contributed by atoms with E-state index in [2.05, 4.69) is 15.0 Å². The first-order valence-electron chi connectivity index (χ1n) is 8.97. The zero-order valence-electron chi connectivity index (χ0n) is 15.0. The third kappa shape index (κ3) is 4.26. The predicted octanol–water partition coefficient (Wildman–Crippen LogP) is 4.53. The lowest BCUT2D eigenvalue weighted by Gasteiger charge is -2.07. The van der Waals surface area contributed by atoms with Crippen LogP contribution in [0.4, 0.5) is 10.8 Å². The number of amides is 1. The van der Waals surface area contributed by atoms with Crippen molar-refractivity contribution in [2.75, 3.05) is 10.0 Å². The fourth-order valence-electron chi connectivity index (χ4n) is 3.06. The number of carbonyl (C=O) groups is 1. The Bertz CT molecular complexity index is 1050. The fraction of sp³-hybridized carbons (Fsp3) is 0.263. The lowest BCUT2D eigenvalue weighted by atomic mass is 10.2. The molecule has 0 fully saturated rings. The highest BCUT2D eigenvalue weighted by molar-refractivity contribution is 7.94. The molecule has 6 nitrogen and oxygen atoms in total. The Morgan fingerprint density at radius 3 is 2.57 bits per heavy atom. The molecule has 146 valence electrons. The molecular weight excluding hydrogens is 414 g/mol. The molecule has 28 heavy (non-hydrogen) atoms. The Morgan fingerprint density at radius 1 is 1.04 bits per heavy atom. The minimum Gasteiger partial charge on any atom is -0.298 e. The molecule has 1 aliphatic carbocycles. The van der Waals surface area contributed by atoms with E-state index in [9.17, 15) is 13.2 Å². The second-order valence-corrected chi connectivity index (χ2v) is 10.5. The number of hydrogen-bond acceptors (Lipinski definition) is 6. The Labute approximate surface area is 171 Å². The summed E-state index contributed by atoms with van der Waals surface area (Å²) in [6.07, 6.45) is 5.55. The minimum atomic E-state index is -3.60. The van der Waals surface area contributed by atoms with Crippen LogP contribution in [-0.4, -0.2) is 19.3 Å². The number of aromatic nitrogens is 1. The molecular formula is C19H19N3O3S3. The van der Waals surface area contributed by atoms with Crippen LogP contribution in [0.25, 0.3) is 0 Å². The highest BCUT2D eigenvalue weighted by Crippen LogP contribution is 2.29. The maximum atomic E-state index is 12.5. The number of sulfonamides is 1. The van der Waals surface area contributed by atoms with Crippen LogP contribution in [0.2, 0.25) is 0 Å². The Balaban J connectivity index is 1.43. The summed E-state index contributed by atoms with van der Waals surface area (Å²) in [5.41, 5.74) is 1.96. The van der Waals surface area contributed by atoms with Crippen LogP contribution < -0.4 is 10.0 Å². The van der Waals surface area contributed by atoms with Gasteiger partial charge in [-0.2, -0.15) is 0 Å². The van der Waals surface area contributed by atoms with Crippen molar-refractivity contribution in [3.63, 3.8) is 0 Å². The molecule has 0 aliphatic heterocycles. The summed E-state index contributed by atoms with van der Waals surface area (Å²) >= 11 is 2.70. The molecule has 2 heterocycles. The SMILES string of the molecule is O=C(Nc1nc2c(s1)CCCCC2)c1ccc(NS(=O)(=O)c2cccs2)cc1. The van der Waals surface area contributed by atoms with Crippen molar-refractivity contribution in [2.24, 2.45) is 0 Å². The Hall–Kier alpha value is -2.23. The van der Waals surface area contributed by atoms with Crippen molar-refractivity contribution >= 4 is 49.4 Å². The van der Waals surface area contributed by atoms with Gasteiger partial charge in [0.05, 0.1) is 5.69 Å². The average molecular weight is 434 g/mol. The van der Waals surface area contributed by atoms with Gasteiger partial charge in [0.1, 0.15) is 4.21 Å². The van der Waals surface area contributed by atoms with Crippen LogP contribution in [0.1, 0.15) is 40.2 Å². The van der Waals surface area contributed by atoms with Crippen LogP contribution in [-0.2, 0) is 22.9 Å². The van der Waals surface area contributed by atoms with E-state index >= 15 is 0 Å². The summed E-state index contributed by atoms with van der Waals surface area (Å²) in [7, 11) is -3.60. The van der Waals surface area contributed by atoms with Crippen molar-refractivity contribution in [1.82, 2.24) is 4.98 Å². The number of nitrogens with one attached hydrogen (secondary N) is 2. The summed E-state index contributed by atoms with van der Waals surface area (Å²) in [5.74, 6) is -0.253. The van der Waals surface area contributed by atoms with Gasteiger partial charge in [0.2, 0.25) is 0 Å². The van der Waals surface area contributed by atoms with Crippen molar-refractivity contribution < 1.29 is 13.2 Å². The number of thiazole rings is 1. The van der Waals surface area contributed by atoms with Crippen LogP contribution in [0, 0.1) is 0 Å². The molecule has 1 aromatic carbocycles. The van der Waals surface area contributed by atoms with Crippen LogP contribution in [0.3, 0.4) is 0 Å². The third-order valence-corrected chi connectivity index (χ3v) is 8.33. The van der Waals surface area contributed by atoms with Crippen LogP contribution >= 0.6 is 22.7 Å². The predicted molar refractivity (Wildman–Crippen MR) is 113 cm³/mol. The van der Waals surface area contributed by atoms with Crippen molar-refractivity contribution in [2.45, 2.75) is 36.3 Å². The molecule has 2 N–H and O–H groups in total. The second-order valence-electron chi connectivity index (χ2n) is 6.52. The number of fused-ring (bicyclic) bond motifs is 1. The third-order valence-electron chi connectivity index (χ3n) is 4.48. The quantitative estimate of drug-likeness (QED) is 0.579. The number of nitrogens with zero attached hydrogens (tertiary/aromatic N) is 1. The summed E-state index contributed by atoms with van der Waals surface area (Å²) in [6, 6.07) is 9.59. The monoisotopic (exact) mass is 433 g/mol. The van der Waals surface area contributed by atoms with Crippen molar-refractivity contribution in [3.05, 3.63) is 57.9 Å². The first kappa shape index (κ1) is 19.1. The minimum absolute atomic E-state index is 0.248. The summed E-state index contributed by atoms with van der Waals surface area (Å²) in [5, 5.41) is 5.19. The van der Waals surface area contributed by atoms with Gasteiger partial charge in [-0.1, -0.05) is 12.5 Å². The van der Waals surface area contributed by atoms with Crippen molar-refractivity contribution in [3.8, 4) is 0 Å². The number of aryl methyl sites for hydroxylation is 2. The van der Waals surface area contributed by atoms with Gasteiger partial charge in [0.15, 0.2) is 5.13 Å². The standard InChI is InChI=1S/C19H19N3O3S3/c23-18(21-19-20-15-5-2-1-3-6-16(15)27-19)13-8-10-14(11-9-13)22-28(24,25)17-7-4-12-26-17/h4,7-12,22H,1-3,5-6H2,(H,20,21,23).